The van der Waals surface area contributed by atoms with Gasteiger partial charge in [-0.1, -0.05) is 6.42 Å². The number of carbonyl (C=O) groups excluding carboxylic acids is 1. The largest absolute Gasteiger partial charge is 0.327 e. The topological polar surface area (TPSA) is 55.6 Å². The van der Waals surface area contributed by atoms with E-state index in [0.717, 1.165) is 25.8 Å². The van der Waals surface area contributed by atoms with Crippen LogP contribution in [0.5, 0.6) is 0 Å². The summed E-state index contributed by atoms with van der Waals surface area (Å²) in [7, 11) is 0. The highest BCUT2D eigenvalue weighted by Gasteiger charge is 2.29. The Morgan fingerprint density at radius 3 is 2.86 bits per heavy atom. The fraction of sp³-hybridized carbons (Fsp3) is 0.900. The second kappa shape index (κ2) is 4.28. The normalized spacial score (nSPS) is 32.5. The second-order valence-electron chi connectivity index (χ2n) is 4.24. The van der Waals surface area contributed by atoms with Gasteiger partial charge in [0.05, 0.1) is 13.2 Å². The van der Waals surface area contributed by atoms with E-state index >= 15 is 0 Å². The van der Waals surface area contributed by atoms with E-state index in [4.69, 9.17) is 10.6 Å². The summed E-state index contributed by atoms with van der Waals surface area (Å²) < 4.78 is 0. The monoisotopic (exact) mass is 198 g/mol. The molecule has 2 rings (SSSR count). The molecule has 2 fully saturated rings. The number of amides is 1. The molecule has 0 aromatic carbocycles. The molecule has 1 amide bonds. The zero-order valence-corrected chi connectivity index (χ0v) is 8.45. The highest BCUT2D eigenvalue weighted by atomic mass is 16.7. The highest BCUT2D eigenvalue weighted by Crippen LogP contribution is 2.27. The molecule has 0 aromatic heterocycles. The third kappa shape index (κ3) is 2.07. The van der Waals surface area contributed by atoms with E-state index in [-0.39, 0.29) is 11.9 Å². The van der Waals surface area contributed by atoms with Gasteiger partial charge in [0.2, 0.25) is 5.91 Å². The van der Waals surface area contributed by atoms with E-state index in [1.807, 2.05) is 0 Å². The first-order valence-electron chi connectivity index (χ1n) is 5.46. The SMILES string of the molecule is NC1CCCC1CC(=O)N1CCCO1. The van der Waals surface area contributed by atoms with Crippen molar-refractivity contribution in [2.24, 2.45) is 11.7 Å². The van der Waals surface area contributed by atoms with Gasteiger partial charge in [-0.3, -0.25) is 9.63 Å². The molecule has 80 valence electrons. The summed E-state index contributed by atoms with van der Waals surface area (Å²) in [4.78, 5) is 16.9. The van der Waals surface area contributed by atoms with Crippen LogP contribution in [0, 0.1) is 5.92 Å². The Balaban J connectivity index is 1.81. The predicted octanol–water partition coefficient (Wildman–Crippen LogP) is 0.668. The maximum absolute atomic E-state index is 11.7. The predicted molar refractivity (Wildman–Crippen MR) is 52.2 cm³/mol. The molecule has 1 saturated carbocycles. The van der Waals surface area contributed by atoms with Crippen molar-refractivity contribution >= 4 is 5.91 Å². The van der Waals surface area contributed by atoms with Crippen molar-refractivity contribution in [3.05, 3.63) is 0 Å². The number of hydrogen-bond donors (Lipinski definition) is 1. The maximum atomic E-state index is 11.7. The smallest absolute Gasteiger partial charge is 0.246 e. The molecule has 4 nitrogen and oxygen atoms in total. The minimum atomic E-state index is 0.116. The Hall–Kier alpha value is -0.610. The first-order valence-corrected chi connectivity index (χ1v) is 5.46. The molecule has 0 bridgehead atoms. The molecule has 14 heavy (non-hydrogen) atoms. The van der Waals surface area contributed by atoms with Crippen molar-refractivity contribution in [2.45, 2.75) is 38.1 Å². The average Bonchev–Trinajstić information content (AvgIpc) is 2.77. The fourth-order valence-corrected chi connectivity index (χ4v) is 2.29. The lowest BCUT2D eigenvalue weighted by Crippen LogP contribution is -2.32. The van der Waals surface area contributed by atoms with E-state index in [2.05, 4.69) is 0 Å². The van der Waals surface area contributed by atoms with Gasteiger partial charge in [-0.2, -0.15) is 0 Å². The van der Waals surface area contributed by atoms with Crippen LogP contribution in [0.25, 0.3) is 0 Å². The van der Waals surface area contributed by atoms with E-state index in [0.29, 0.717) is 18.9 Å². The molecular formula is C10H18N2O2. The summed E-state index contributed by atoms with van der Waals surface area (Å²) in [5, 5.41) is 1.50. The van der Waals surface area contributed by atoms with E-state index < -0.39 is 0 Å². The number of nitrogens with two attached hydrogens (primary N) is 1. The zero-order valence-electron chi connectivity index (χ0n) is 8.45. The van der Waals surface area contributed by atoms with Crippen LogP contribution in [-0.4, -0.2) is 30.2 Å². The van der Waals surface area contributed by atoms with Gasteiger partial charge >= 0.3 is 0 Å². The second-order valence-corrected chi connectivity index (χ2v) is 4.24. The van der Waals surface area contributed by atoms with Gasteiger partial charge in [0, 0.05) is 12.5 Å². The lowest BCUT2D eigenvalue weighted by molar-refractivity contribution is -0.169. The summed E-state index contributed by atoms with van der Waals surface area (Å²) in [6, 6.07) is 0.224. The Morgan fingerprint density at radius 1 is 1.43 bits per heavy atom. The Kier molecular flexibility index (Phi) is 3.03. The maximum Gasteiger partial charge on any atom is 0.246 e. The molecule has 0 spiro atoms. The molecule has 1 aliphatic carbocycles. The first kappa shape index (κ1) is 9.93. The van der Waals surface area contributed by atoms with Crippen molar-refractivity contribution in [3.8, 4) is 0 Å². The van der Waals surface area contributed by atoms with Gasteiger partial charge in [0.25, 0.3) is 0 Å². The zero-order chi connectivity index (χ0) is 9.97. The van der Waals surface area contributed by atoms with Gasteiger partial charge in [0.1, 0.15) is 0 Å². The van der Waals surface area contributed by atoms with Crippen LogP contribution in [0.15, 0.2) is 0 Å². The molecular weight excluding hydrogens is 180 g/mol. The van der Waals surface area contributed by atoms with Crippen molar-refractivity contribution in [1.29, 1.82) is 0 Å². The molecule has 2 N–H and O–H groups in total. The van der Waals surface area contributed by atoms with E-state index in [1.165, 1.54) is 11.5 Å². The van der Waals surface area contributed by atoms with Crippen LogP contribution in [0.1, 0.15) is 32.1 Å². The lowest BCUT2D eigenvalue weighted by Gasteiger charge is -2.19. The van der Waals surface area contributed by atoms with Gasteiger partial charge in [-0.05, 0) is 25.2 Å². The molecule has 4 heteroatoms. The molecule has 1 heterocycles. The standard InChI is InChI=1S/C10H18N2O2/c11-9-4-1-3-8(9)7-10(13)12-5-2-6-14-12/h8-9H,1-7,11H2. The van der Waals surface area contributed by atoms with Gasteiger partial charge in [-0.15, -0.1) is 0 Å². The summed E-state index contributed by atoms with van der Waals surface area (Å²) in [6.45, 7) is 1.43. The highest BCUT2D eigenvalue weighted by molar-refractivity contribution is 5.75. The van der Waals surface area contributed by atoms with Crippen molar-refractivity contribution in [3.63, 3.8) is 0 Å². The Bertz CT molecular complexity index is 214. The summed E-state index contributed by atoms with van der Waals surface area (Å²) in [5.74, 6) is 0.497. The quantitative estimate of drug-likeness (QED) is 0.709. The van der Waals surface area contributed by atoms with E-state index in [1.54, 1.807) is 0 Å². The first-order chi connectivity index (χ1) is 6.77. The summed E-state index contributed by atoms with van der Waals surface area (Å²) >= 11 is 0. The third-order valence-corrected chi connectivity index (χ3v) is 3.19. The molecule has 2 atom stereocenters. The summed E-state index contributed by atoms with van der Waals surface area (Å²) in [6.07, 6.45) is 4.86. The van der Waals surface area contributed by atoms with Gasteiger partial charge in [0.15, 0.2) is 0 Å². The van der Waals surface area contributed by atoms with Crippen LogP contribution in [0.3, 0.4) is 0 Å². The molecule has 1 saturated heterocycles. The number of hydrogen-bond acceptors (Lipinski definition) is 3. The van der Waals surface area contributed by atoms with E-state index in [9.17, 15) is 4.79 Å². The number of nitrogens with zero attached hydrogens (tertiary/aromatic N) is 1. The van der Waals surface area contributed by atoms with Crippen LogP contribution in [-0.2, 0) is 9.63 Å². The lowest BCUT2D eigenvalue weighted by atomic mass is 10.00. The molecule has 2 aliphatic rings. The van der Waals surface area contributed by atoms with Crippen molar-refractivity contribution < 1.29 is 9.63 Å². The number of carbonyl (C=O) groups is 1. The number of hydroxylamine groups is 2. The van der Waals surface area contributed by atoms with Gasteiger partial charge < -0.3 is 5.73 Å². The van der Waals surface area contributed by atoms with Crippen molar-refractivity contribution in [2.75, 3.05) is 13.2 Å². The molecule has 0 radical (unpaired) electrons. The Morgan fingerprint density at radius 2 is 2.29 bits per heavy atom. The van der Waals surface area contributed by atoms with Crippen LogP contribution < -0.4 is 5.73 Å². The Labute approximate surface area is 84.3 Å². The average molecular weight is 198 g/mol. The van der Waals surface area contributed by atoms with Crippen LogP contribution in [0.2, 0.25) is 0 Å². The molecule has 0 aromatic rings. The minimum Gasteiger partial charge on any atom is -0.327 e. The fourth-order valence-electron chi connectivity index (χ4n) is 2.29. The minimum absolute atomic E-state index is 0.116. The third-order valence-electron chi connectivity index (χ3n) is 3.19. The van der Waals surface area contributed by atoms with Gasteiger partial charge in [-0.25, -0.2) is 5.06 Å². The molecule has 1 aliphatic heterocycles. The van der Waals surface area contributed by atoms with Crippen LogP contribution in [0.4, 0.5) is 0 Å². The summed E-state index contributed by atoms with van der Waals surface area (Å²) in [5.41, 5.74) is 5.91. The van der Waals surface area contributed by atoms with Crippen molar-refractivity contribution in [1.82, 2.24) is 5.06 Å². The number of rotatable bonds is 2. The van der Waals surface area contributed by atoms with Crippen LogP contribution >= 0.6 is 0 Å². The molecule has 2 unspecified atom stereocenters.